The van der Waals surface area contributed by atoms with Crippen LogP contribution in [0.5, 0.6) is 0 Å². The molecule has 82 valence electrons. The Morgan fingerprint density at radius 1 is 1.44 bits per heavy atom. The van der Waals surface area contributed by atoms with E-state index in [0.717, 1.165) is 5.56 Å². The number of hydrogen-bond acceptors (Lipinski definition) is 4. The zero-order valence-corrected chi connectivity index (χ0v) is 8.81. The van der Waals surface area contributed by atoms with Crippen LogP contribution in [0.2, 0.25) is 5.15 Å². The molecule has 0 saturated carbocycles. The molecule has 0 bridgehead atoms. The number of hydrogen-bond donors (Lipinski definition) is 1. The van der Waals surface area contributed by atoms with Gasteiger partial charge in [0.1, 0.15) is 5.56 Å². The molecule has 0 atom stereocenters. The first-order chi connectivity index (χ1) is 7.68. The first kappa shape index (κ1) is 10.6. The lowest BCUT2D eigenvalue weighted by molar-refractivity contribution is 0.0695. The van der Waals surface area contributed by atoms with Gasteiger partial charge in [-0.1, -0.05) is 16.8 Å². The molecule has 0 aromatic carbocycles. The summed E-state index contributed by atoms with van der Waals surface area (Å²) in [7, 11) is 0. The maximum Gasteiger partial charge on any atom is 0.342 e. The number of aromatic nitrogens is 2. The van der Waals surface area contributed by atoms with Crippen molar-refractivity contribution in [2.24, 2.45) is 0 Å². The van der Waals surface area contributed by atoms with E-state index in [9.17, 15) is 4.79 Å². The van der Waals surface area contributed by atoms with Crippen molar-refractivity contribution in [2.75, 3.05) is 0 Å². The summed E-state index contributed by atoms with van der Waals surface area (Å²) < 4.78 is 4.88. The monoisotopic (exact) mass is 238 g/mol. The van der Waals surface area contributed by atoms with E-state index in [1.54, 1.807) is 24.5 Å². The Bertz CT molecular complexity index is 510. The molecule has 2 aromatic rings. The normalized spacial score (nSPS) is 10.3. The second-order valence-electron chi connectivity index (χ2n) is 3.11. The van der Waals surface area contributed by atoms with Gasteiger partial charge in [0, 0.05) is 18.8 Å². The number of aromatic carboxylic acids is 1. The van der Waals surface area contributed by atoms with E-state index in [1.807, 2.05) is 0 Å². The lowest BCUT2D eigenvalue weighted by Gasteiger charge is -1.97. The Kier molecular flexibility index (Phi) is 2.87. The summed E-state index contributed by atoms with van der Waals surface area (Å²) in [5.74, 6) is -0.904. The van der Waals surface area contributed by atoms with Crippen molar-refractivity contribution in [2.45, 2.75) is 6.42 Å². The third kappa shape index (κ3) is 2.04. The summed E-state index contributed by atoms with van der Waals surface area (Å²) in [6.07, 6.45) is 3.56. The van der Waals surface area contributed by atoms with Gasteiger partial charge in [0.05, 0.1) is 0 Å². The average molecular weight is 239 g/mol. The third-order valence-electron chi connectivity index (χ3n) is 2.05. The van der Waals surface area contributed by atoms with E-state index in [-0.39, 0.29) is 16.5 Å². The summed E-state index contributed by atoms with van der Waals surface area (Å²) in [5.41, 5.74) is 0.795. The lowest BCUT2D eigenvalue weighted by atomic mass is 10.1. The Morgan fingerprint density at radius 3 is 2.75 bits per heavy atom. The number of halogens is 1. The molecule has 0 aliphatic carbocycles. The number of rotatable bonds is 3. The molecular weight excluding hydrogens is 232 g/mol. The van der Waals surface area contributed by atoms with E-state index in [4.69, 9.17) is 21.2 Å². The van der Waals surface area contributed by atoms with Crippen molar-refractivity contribution >= 4 is 17.6 Å². The minimum Gasteiger partial charge on any atom is -0.477 e. The predicted octanol–water partition coefficient (Wildman–Crippen LogP) is 2.01. The van der Waals surface area contributed by atoms with Gasteiger partial charge in [0.25, 0.3) is 0 Å². The molecule has 0 amide bonds. The van der Waals surface area contributed by atoms with Gasteiger partial charge in [-0.3, -0.25) is 4.98 Å². The fourth-order valence-electron chi connectivity index (χ4n) is 1.32. The molecule has 6 heteroatoms. The predicted molar refractivity (Wildman–Crippen MR) is 55.5 cm³/mol. The molecule has 0 unspecified atom stereocenters. The summed E-state index contributed by atoms with van der Waals surface area (Å²) in [5, 5.41) is 12.2. The standard InChI is InChI=1S/C10H7ClN2O3/c11-9-8(10(14)15)7(16-13-9)5-6-1-3-12-4-2-6/h1-4H,5H2,(H,14,15). The fourth-order valence-corrected chi connectivity index (χ4v) is 1.54. The van der Waals surface area contributed by atoms with Gasteiger partial charge in [-0.05, 0) is 17.7 Å². The Morgan fingerprint density at radius 2 is 2.12 bits per heavy atom. The van der Waals surface area contributed by atoms with Crippen LogP contribution in [0, 0.1) is 0 Å². The van der Waals surface area contributed by atoms with Gasteiger partial charge >= 0.3 is 5.97 Å². The largest absolute Gasteiger partial charge is 0.477 e. The highest BCUT2D eigenvalue weighted by atomic mass is 35.5. The van der Waals surface area contributed by atoms with E-state index >= 15 is 0 Å². The SMILES string of the molecule is O=C(O)c1c(Cl)noc1Cc1ccncc1. The molecule has 0 spiro atoms. The molecule has 2 aromatic heterocycles. The topological polar surface area (TPSA) is 76.2 Å². The molecule has 0 fully saturated rings. The van der Waals surface area contributed by atoms with Crippen LogP contribution in [-0.4, -0.2) is 21.2 Å². The van der Waals surface area contributed by atoms with Crippen molar-refractivity contribution in [3.05, 3.63) is 46.6 Å². The summed E-state index contributed by atoms with van der Waals surface area (Å²) in [4.78, 5) is 14.8. The molecule has 2 heterocycles. The van der Waals surface area contributed by atoms with Crippen LogP contribution in [0.4, 0.5) is 0 Å². The maximum atomic E-state index is 10.9. The molecule has 0 radical (unpaired) electrons. The maximum absolute atomic E-state index is 10.9. The highest BCUT2D eigenvalue weighted by Gasteiger charge is 2.21. The van der Waals surface area contributed by atoms with Gasteiger partial charge in [-0.15, -0.1) is 0 Å². The number of pyridine rings is 1. The van der Waals surface area contributed by atoms with Crippen molar-refractivity contribution in [1.82, 2.24) is 10.1 Å². The number of carbonyl (C=O) groups is 1. The molecule has 1 N–H and O–H groups in total. The highest BCUT2D eigenvalue weighted by molar-refractivity contribution is 6.32. The van der Waals surface area contributed by atoms with Gasteiger partial charge < -0.3 is 9.63 Å². The molecule has 0 aliphatic heterocycles. The fraction of sp³-hybridized carbons (Fsp3) is 0.100. The lowest BCUT2D eigenvalue weighted by Crippen LogP contribution is -2.00. The van der Waals surface area contributed by atoms with Crippen molar-refractivity contribution in [3.8, 4) is 0 Å². The van der Waals surface area contributed by atoms with E-state index in [1.165, 1.54) is 0 Å². The van der Waals surface area contributed by atoms with Crippen LogP contribution in [0.25, 0.3) is 0 Å². The zero-order valence-electron chi connectivity index (χ0n) is 8.05. The molecule has 0 aliphatic rings. The minimum absolute atomic E-state index is 0.0847. The van der Waals surface area contributed by atoms with Crippen molar-refractivity contribution < 1.29 is 14.4 Å². The average Bonchev–Trinajstić information content (AvgIpc) is 2.61. The van der Waals surface area contributed by atoms with E-state index < -0.39 is 5.97 Å². The van der Waals surface area contributed by atoms with Gasteiger partial charge in [0.2, 0.25) is 0 Å². The van der Waals surface area contributed by atoms with Crippen molar-refractivity contribution in [3.63, 3.8) is 0 Å². The minimum atomic E-state index is -1.14. The van der Waals surface area contributed by atoms with Gasteiger partial charge in [-0.2, -0.15) is 0 Å². The van der Waals surface area contributed by atoms with Gasteiger partial charge in [0.15, 0.2) is 10.9 Å². The summed E-state index contributed by atoms with van der Waals surface area (Å²) in [6, 6.07) is 3.53. The van der Waals surface area contributed by atoms with Crippen LogP contribution in [0.1, 0.15) is 21.7 Å². The first-order valence-corrected chi connectivity index (χ1v) is 4.82. The second kappa shape index (κ2) is 4.32. The third-order valence-corrected chi connectivity index (χ3v) is 2.31. The van der Waals surface area contributed by atoms with Gasteiger partial charge in [-0.25, -0.2) is 4.79 Å². The molecule has 2 rings (SSSR count). The molecule has 0 saturated heterocycles. The smallest absolute Gasteiger partial charge is 0.342 e. The van der Waals surface area contributed by atoms with E-state index in [2.05, 4.69) is 10.1 Å². The Hall–Kier alpha value is -1.88. The number of carboxylic acid groups (broad SMARTS) is 1. The number of carboxylic acids is 1. The van der Waals surface area contributed by atoms with Crippen LogP contribution < -0.4 is 0 Å². The summed E-state index contributed by atoms with van der Waals surface area (Å²) in [6.45, 7) is 0. The van der Waals surface area contributed by atoms with Crippen LogP contribution in [0.15, 0.2) is 29.0 Å². The molecular formula is C10H7ClN2O3. The molecule has 5 nitrogen and oxygen atoms in total. The van der Waals surface area contributed by atoms with Crippen LogP contribution in [0.3, 0.4) is 0 Å². The van der Waals surface area contributed by atoms with Crippen molar-refractivity contribution in [1.29, 1.82) is 0 Å². The second-order valence-corrected chi connectivity index (χ2v) is 3.47. The van der Waals surface area contributed by atoms with Crippen LogP contribution in [-0.2, 0) is 6.42 Å². The molecule has 16 heavy (non-hydrogen) atoms. The zero-order chi connectivity index (χ0) is 11.5. The highest BCUT2D eigenvalue weighted by Crippen LogP contribution is 2.21. The Balaban J connectivity index is 2.32. The quantitative estimate of drug-likeness (QED) is 0.885. The first-order valence-electron chi connectivity index (χ1n) is 4.44. The van der Waals surface area contributed by atoms with E-state index in [0.29, 0.717) is 6.42 Å². The summed E-state index contributed by atoms with van der Waals surface area (Å²) >= 11 is 5.61. The Labute approximate surface area is 95.7 Å². The number of nitrogens with zero attached hydrogens (tertiary/aromatic N) is 2. The van der Waals surface area contributed by atoms with Crippen LogP contribution >= 0.6 is 11.6 Å².